The SMILES string of the molecule is O=C(Cc1ccc(S(=O)(=O)Nc2nccs2)cc1)c1ccc2ncccc2c1. The molecule has 0 bridgehead atoms. The third kappa shape index (κ3) is 3.92. The van der Waals surface area contributed by atoms with Crippen LogP contribution in [-0.4, -0.2) is 24.2 Å². The van der Waals surface area contributed by atoms with Gasteiger partial charge in [-0.05, 0) is 42.0 Å². The van der Waals surface area contributed by atoms with Gasteiger partial charge in [-0.1, -0.05) is 18.2 Å². The summed E-state index contributed by atoms with van der Waals surface area (Å²) in [5, 5.41) is 2.91. The van der Waals surface area contributed by atoms with Crippen molar-refractivity contribution in [2.75, 3.05) is 4.72 Å². The lowest BCUT2D eigenvalue weighted by Crippen LogP contribution is -2.13. The first-order valence-electron chi connectivity index (χ1n) is 8.40. The molecule has 4 aromatic rings. The van der Waals surface area contributed by atoms with Gasteiger partial charge in [0.25, 0.3) is 10.0 Å². The molecule has 0 saturated heterocycles. The van der Waals surface area contributed by atoms with Crippen LogP contribution in [0.4, 0.5) is 5.13 Å². The minimum absolute atomic E-state index is 0.0396. The van der Waals surface area contributed by atoms with E-state index in [2.05, 4.69) is 14.7 Å². The van der Waals surface area contributed by atoms with E-state index in [1.807, 2.05) is 24.3 Å². The fourth-order valence-electron chi connectivity index (χ4n) is 2.77. The van der Waals surface area contributed by atoms with Crippen molar-refractivity contribution in [1.82, 2.24) is 9.97 Å². The predicted octanol–water partition coefficient (Wildman–Crippen LogP) is 3.92. The second kappa shape index (κ2) is 7.49. The Hall–Kier alpha value is -3.10. The molecule has 28 heavy (non-hydrogen) atoms. The molecule has 0 spiro atoms. The number of rotatable bonds is 6. The molecule has 0 atom stereocenters. The van der Waals surface area contributed by atoms with E-state index in [4.69, 9.17) is 0 Å². The van der Waals surface area contributed by atoms with E-state index in [0.29, 0.717) is 10.7 Å². The number of fused-ring (bicyclic) bond motifs is 1. The molecule has 2 aromatic heterocycles. The summed E-state index contributed by atoms with van der Waals surface area (Å²) in [7, 11) is -3.70. The van der Waals surface area contributed by atoms with Gasteiger partial charge in [-0.25, -0.2) is 13.4 Å². The second-order valence-corrected chi connectivity index (χ2v) is 8.67. The van der Waals surface area contributed by atoms with Crippen LogP contribution in [0.1, 0.15) is 15.9 Å². The molecule has 2 heterocycles. The van der Waals surface area contributed by atoms with Crippen molar-refractivity contribution in [1.29, 1.82) is 0 Å². The van der Waals surface area contributed by atoms with E-state index in [9.17, 15) is 13.2 Å². The number of anilines is 1. The van der Waals surface area contributed by atoms with Gasteiger partial charge in [-0.3, -0.25) is 14.5 Å². The third-order valence-electron chi connectivity index (χ3n) is 4.18. The first-order valence-corrected chi connectivity index (χ1v) is 10.8. The summed E-state index contributed by atoms with van der Waals surface area (Å²) in [5.74, 6) is -0.0396. The minimum Gasteiger partial charge on any atom is -0.294 e. The number of benzene rings is 2. The lowest BCUT2D eigenvalue weighted by atomic mass is 10.0. The highest BCUT2D eigenvalue weighted by Gasteiger charge is 2.16. The van der Waals surface area contributed by atoms with Crippen molar-refractivity contribution in [2.24, 2.45) is 0 Å². The summed E-state index contributed by atoms with van der Waals surface area (Å²) in [4.78, 5) is 20.9. The number of carbonyl (C=O) groups excluding carboxylic acids is 1. The smallest absolute Gasteiger partial charge is 0.263 e. The summed E-state index contributed by atoms with van der Waals surface area (Å²) >= 11 is 1.20. The topological polar surface area (TPSA) is 89.0 Å². The van der Waals surface area contributed by atoms with Gasteiger partial charge in [0.1, 0.15) is 0 Å². The normalized spacial score (nSPS) is 11.4. The zero-order valence-corrected chi connectivity index (χ0v) is 16.2. The molecule has 1 N–H and O–H groups in total. The Morgan fingerprint density at radius 1 is 1.00 bits per heavy atom. The maximum Gasteiger partial charge on any atom is 0.263 e. The molecule has 0 saturated carbocycles. The van der Waals surface area contributed by atoms with Gasteiger partial charge in [-0.2, -0.15) is 0 Å². The number of aromatic nitrogens is 2. The number of thiazole rings is 1. The number of nitrogens with zero attached hydrogens (tertiary/aromatic N) is 2. The number of Topliss-reactive ketones (excluding diaryl/α,β-unsaturated/α-hetero) is 1. The van der Waals surface area contributed by atoms with Crippen LogP contribution in [0.3, 0.4) is 0 Å². The number of hydrogen-bond donors (Lipinski definition) is 1. The zero-order chi connectivity index (χ0) is 19.6. The molecule has 0 unspecified atom stereocenters. The fraction of sp³-hybridized carbons (Fsp3) is 0.0500. The molecule has 0 aliphatic heterocycles. The standard InChI is InChI=1S/C20H15N3O3S2/c24-19(16-5-8-18-15(13-16)2-1-9-21-18)12-14-3-6-17(7-4-14)28(25,26)23-20-22-10-11-27-20/h1-11,13H,12H2,(H,22,23). The number of carbonyl (C=O) groups is 1. The molecule has 4 rings (SSSR count). The van der Waals surface area contributed by atoms with Crippen molar-refractivity contribution in [3.8, 4) is 0 Å². The van der Waals surface area contributed by atoms with Crippen LogP contribution in [-0.2, 0) is 16.4 Å². The Morgan fingerprint density at radius 3 is 2.57 bits per heavy atom. The number of ketones is 1. The summed E-state index contributed by atoms with van der Waals surface area (Å²) < 4.78 is 27.1. The van der Waals surface area contributed by atoms with E-state index >= 15 is 0 Å². The molecule has 8 heteroatoms. The highest BCUT2D eigenvalue weighted by atomic mass is 32.2. The van der Waals surface area contributed by atoms with Crippen molar-refractivity contribution < 1.29 is 13.2 Å². The molecule has 2 aromatic carbocycles. The maximum absolute atomic E-state index is 12.6. The summed E-state index contributed by atoms with van der Waals surface area (Å²) in [6.45, 7) is 0. The maximum atomic E-state index is 12.6. The van der Waals surface area contributed by atoms with E-state index in [1.165, 1.54) is 29.7 Å². The lowest BCUT2D eigenvalue weighted by Gasteiger charge is -2.07. The van der Waals surface area contributed by atoms with E-state index in [1.54, 1.807) is 29.8 Å². The largest absolute Gasteiger partial charge is 0.294 e. The van der Waals surface area contributed by atoms with E-state index in [0.717, 1.165) is 16.5 Å². The van der Waals surface area contributed by atoms with Gasteiger partial charge in [0.2, 0.25) is 0 Å². The molecular formula is C20H15N3O3S2. The van der Waals surface area contributed by atoms with Crippen LogP contribution in [0.25, 0.3) is 10.9 Å². The lowest BCUT2D eigenvalue weighted by molar-refractivity contribution is 0.0993. The van der Waals surface area contributed by atoms with Crippen LogP contribution >= 0.6 is 11.3 Å². The number of hydrogen-bond acceptors (Lipinski definition) is 6. The third-order valence-corrected chi connectivity index (χ3v) is 6.35. The summed E-state index contributed by atoms with van der Waals surface area (Å²) in [6.07, 6.45) is 3.43. The average Bonchev–Trinajstić information content (AvgIpc) is 3.20. The number of pyridine rings is 1. The first kappa shape index (κ1) is 18.3. The molecule has 6 nitrogen and oxygen atoms in total. The second-order valence-electron chi connectivity index (χ2n) is 6.10. The van der Waals surface area contributed by atoms with E-state index < -0.39 is 10.0 Å². The minimum atomic E-state index is -3.70. The monoisotopic (exact) mass is 409 g/mol. The van der Waals surface area contributed by atoms with Gasteiger partial charge < -0.3 is 0 Å². The molecule has 0 radical (unpaired) electrons. The Bertz CT molecular complexity index is 1240. The molecule has 0 fully saturated rings. The van der Waals surface area contributed by atoms with Crippen molar-refractivity contribution in [2.45, 2.75) is 11.3 Å². The molecule has 0 aliphatic carbocycles. The molecule has 0 aliphatic rings. The Kier molecular flexibility index (Phi) is 4.89. The van der Waals surface area contributed by atoms with Crippen LogP contribution in [0.5, 0.6) is 0 Å². The molecule has 140 valence electrons. The Balaban J connectivity index is 1.49. The van der Waals surface area contributed by atoms with Crippen LogP contribution in [0.2, 0.25) is 0 Å². The van der Waals surface area contributed by atoms with E-state index in [-0.39, 0.29) is 17.1 Å². The highest BCUT2D eigenvalue weighted by Crippen LogP contribution is 2.19. The summed E-state index contributed by atoms with van der Waals surface area (Å²) in [5.41, 5.74) is 2.17. The van der Waals surface area contributed by atoms with Gasteiger partial charge >= 0.3 is 0 Å². The number of sulfonamides is 1. The van der Waals surface area contributed by atoms with Gasteiger partial charge in [0.15, 0.2) is 10.9 Å². The van der Waals surface area contributed by atoms with Crippen molar-refractivity contribution >= 4 is 43.2 Å². The highest BCUT2D eigenvalue weighted by molar-refractivity contribution is 7.93. The van der Waals surface area contributed by atoms with Crippen LogP contribution in [0, 0.1) is 0 Å². The predicted molar refractivity (Wildman–Crippen MR) is 109 cm³/mol. The summed E-state index contributed by atoms with van der Waals surface area (Å²) in [6, 6.07) is 15.4. The van der Waals surface area contributed by atoms with Gasteiger partial charge in [0, 0.05) is 35.1 Å². The average molecular weight is 409 g/mol. The van der Waals surface area contributed by atoms with Gasteiger partial charge in [-0.15, -0.1) is 11.3 Å². The number of nitrogens with one attached hydrogen (secondary N) is 1. The molecular weight excluding hydrogens is 394 g/mol. The van der Waals surface area contributed by atoms with Crippen molar-refractivity contribution in [3.63, 3.8) is 0 Å². The Morgan fingerprint density at radius 2 is 1.82 bits per heavy atom. The molecule has 0 amide bonds. The quantitative estimate of drug-likeness (QED) is 0.488. The van der Waals surface area contributed by atoms with Gasteiger partial charge in [0.05, 0.1) is 10.4 Å². The zero-order valence-electron chi connectivity index (χ0n) is 14.6. The first-order chi connectivity index (χ1) is 13.5. The fourth-order valence-corrected chi connectivity index (χ4v) is 4.56. The van der Waals surface area contributed by atoms with Crippen molar-refractivity contribution in [3.05, 3.63) is 83.5 Å². The van der Waals surface area contributed by atoms with Crippen LogP contribution < -0.4 is 4.72 Å². The Labute approximate surface area is 166 Å². The van der Waals surface area contributed by atoms with Crippen LogP contribution in [0.15, 0.2) is 77.3 Å².